The number of hydrogen-bond acceptors (Lipinski definition) is 9. The fourth-order valence-electron chi connectivity index (χ4n) is 8.13. The van der Waals surface area contributed by atoms with Crippen LogP contribution in [0.2, 0.25) is 0 Å². The van der Waals surface area contributed by atoms with Gasteiger partial charge in [-0.1, -0.05) is 186 Å². The van der Waals surface area contributed by atoms with Crippen LogP contribution in [0.3, 0.4) is 0 Å². The molecule has 3 amide bonds. The average Bonchev–Trinajstić information content (AvgIpc) is 3.35. The number of unbranched alkanes of at least 4 members (excludes halogenated alkanes) is 10. The second-order valence-corrected chi connectivity index (χ2v) is 17.4. The van der Waals surface area contributed by atoms with Crippen molar-refractivity contribution in [2.45, 2.75) is 160 Å². The zero-order valence-corrected chi connectivity index (χ0v) is 39.5. The summed E-state index contributed by atoms with van der Waals surface area (Å²) in [4.78, 5) is 53.6. The number of esters is 1. The van der Waals surface area contributed by atoms with Crippen molar-refractivity contribution >= 4 is 23.9 Å². The zero-order chi connectivity index (χ0) is 47.2. The molecule has 4 aromatic rings. The van der Waals surface area contributed by atoms with E-state index in [9.17, 15) is 19.2 Å². The molecule has 1 heterocycles. The monoisotopic (exact) mass is 920 g/mol. The number of hydrogen-bond donors (Lipinski definition) is 3. The van der Waals surface area contributed by atoms with E-state index in [0.717, 1.165) is 47.9 Å². The molecule has 0 unspecified atom stereocenters. The summed E-state index contributed by atoms with van der Waals surface area (Å²) in [6.07, 6.45) is 10.0. The molecule has 0 bridgehead atoms. The van der Waals surface area contributed by atoms with Crippen LogP contribution < -0.4 is 16.0 Å². The van der Waals surface area contributed by atoms with Crippen molar-refractivity contribution in [1.82, 2.24) is 16.0 Å². The molecule has 362 valence electrons. The van der Waals surface area contributed by atoms with Crippen molar-refractivity contribution in [2.75, 3.05) is 13.2 Å². The Hall–Kier alpha value is -5.56. The first-order chi connectivity index (χ1) is 32.9. The third kappa shape index (κ3) is 20.9. The lowest BCUT2D eigenvalue weighted by molar-refractivity contribution is -0.163. The van der Waals surface area contributed by atoms with Crippen LogP contribution in [0.4, 0.5) is 4.79 Å². The van der Waals surface area contributed by atoms with Gasteiger partial charge in [-0.2, -0.15) is 0 Å². The number of alkyl carbamates (subject to hydrolysis) is 1. The molecular weight excluding hydrogens is 847 g/mol. The molecule has 1 aliphatic rings. The normalized spacial score (nSPS) is 17.2. The highest BCUT2D eigenvalue weighted by atomic mass is 16.6. The van der Waals surface area contributed by atoms with Crippen molar-refractivity contribution in [3.63, 3.8) is 0 Å². The molecule has 1 fully saturated rings. The molecule has 1 saturated heterocycles. The predicted octanol–water partition coefficient (Wildman–Crippen LogP) is 10.1. The molecule has 12 heteroatoms. The minimum Gasteiger partial charge on any atom is -0.462 e. The van der Waals surface area contributed by atoms with Gasteiger partial charge in [0.05, 0.1) is 38.9 Å². The van der Waals surface area contributed by atoms with E-state index in [1.807, 2.05) is 121 Å². The van der Waals surface area contributed by atoms with Crippen LogP contribution in [0, 0.1) is 0 Å². The number of nitrogens with one attached hydrogen (secondary N) is 3. The van der Waals surface area contributed by atoms with Crippen molar-refractivity contribution in [3.8, 4) is 0 Å². The van der Waals surface area contributed by atoms with Crippen molar-refractivity contribution in [2.24, 2.45) is 0 Å². The van der Waals surface area contributed by atoms with Crippen LogP contribution in [0.15, 0.2) is 121 Å². The number of ether oxygens (including phenoxy) is 5. The van der Waals surface area contributed by atoms with E-state index < -0.39 is 48.3 Å². The highest BCUT2D eigenvalue weighted by molar-refractivity contribution is 5.89. The minimum absolute atomic E-state index is 0.105. The maximum Gasteiger partial charge on any atom is 0.407 e. The zero-order valence-electron chi connectivity index (χ0n) is 39.5. The van der Waals surface area contributed by atoms with Gasteiger partial charge in [-0.05, 0) is 47.9 Å². The number of carbonyl (C=O) groups is 4. The maximum absolute atomic E-state index is 14.1. The number of piperidine rings is 1. The molecule has 4 aromatic carbocycles. The van der Waals surface area contributed by atoms with Gasteiger partial charge in [0.25, 0.3) is 0 Å². The summed E-state index contributed by atoms with van der Waals surface area (Å²) >= 11 is 0. The summed E-state index contributed by atoms with van der Waals surface area (Å²) in [7, 11) is 0. The molecule has 67 heavy (non-hydrogen) atoms. The number of benzene rings is 4. The van der Waals surface area contributed by atoms with Crippen molar-refractivity contribution in [3.05, 3.63) is 144 Å². The first-order valence-electron chi connectivity index (χ1n) is 24.5. The van der Waals surface area contributed by atoms with Crippen LogP contribution in [0.25, 0.3) is 0 Å². The summed E-state index contributed by atoms with van der Waals surface area (Å²) in [6.45, 7) is 3.77. The lowest BCUT2D eigenvalue weighted by Crippen LogP contribution is -2.69. The third-order valence-corrected chi connectivity index (χ3v) is 11.8. The first-order valence-corrected chi connectivity index (χ1v) is 24.5. The summed E-state index contributed by atoms with van der Waals surface area (Å²) in [6, 6.07) is 37.1. The van der Waals surface area contributed by atoms with E-state index in [4.69, 9.17) is 23.7 Å². The second kappa shape index (κ2) is 31.4. The molecule has 0 saturated carbocycles. The summed E-state index contributed by atoms with van der Waals surface area (Å²) < 4.78 is 30.7. The fourth-order valence-corrected chi connectivity index (χ4v) is 8.13. The molecule has 3 N–H and O–H groups in total. The van der Waals surface area contributed by atoms with Gasteiger partial charge in [-0.15, -0.1) is 0 Å². The highest BCUT2D eigenvalue weighted by Gasteiger charge is 2.47. The average molecular weight is 920 g/mol. The van der Waals surface area contributed by atoms with Gasteiger partial charge in [0.15, 0.2) is 0 Å². The Bertz CT molecular complexity index is 1970. The third-order valence-electron chi connectivity index (χ3n) is 11.8. The second-order valence-electron chi connectivity index (χ2n) is 17.4. The van der Waals surface area contributed by atoms with Gasteiger partial charge < -0.3 is 39.6 Å². The molecule has 1 aliphatic heterocycles. The van der Waals surface area contributed by atoms with E-state index in [2.05, 4.69) is 22.9 Å². The first kappa shape index (κ1) is 52.4. The Labute approximate surface area is 398 Å². The Morgan fingerprint density at radius 2 is 1.10 bits per heavy atom. The number of amides is 3. The predicted molar refractivity (Wildman–Crippen MR) is 259 cm³/mol. The number of rotatable bonds is 32. The van der Waals surface area contributed by atoms with Crippen molar-refractivity contribution in [1.29, 1.82) is 0 Å². The van der Waals surface area contributed by atoms with Gasteiger partial charge in [0, 0.05) is 13.0 Å². The Kier molecular flexibility index (Phi) is 24.6. The van der Waals surface area contributed by atoms with Gasteiger partial charge in [-0.3, -0.25) is 14.4 Å². The van der Waals surface area contributed by atoms with Crippen LogP contribution in [0.5, 0.6) is 0 Å². The van der Waals surface area contributed by atoms with Crippen LogP contribution in [-0.4, -0.2) is 67.4 Å². The number of carbonyl (C=O) groups excluding carboxylic acids is 4. The molecule has 0 radical (unpaired) electrons. The topological polar surface area (TPSA) is 151 Å². The quantitative estimate of drug-likeness (QED) is 0.0321. The van der Waals surface area contributed by atoms with E-state index in [-0.39, 0.29) is 45.2 Å². The Morgan fingerprint density at radius 3 is 1.69 bits per heavy atom. The fraction of sp³-hybridized carbons (Fsp3) is 0.491. The standard InChI is InChI=1S/C55H73N3O9/c1-2-3-4-5-6-7-8-9-23-34-47(67-50(60)35-24-14-25-36-56-55(62)66-41-46-32-21-13-22-33-46)37-49(59)58-51-53(65-40-45-30-19-12-20-31-45)52(64-39-44-28-17-11-18-29-44)48(57-54(51)61)42-63-38-43-26-15-10-16-27-43/h10-13,15-22,26-33,47-48,51-53H,2-9,14,23-25,34-42H2,1H3,(H,56,62)(H,57,61)(H,58,59)/t47-,48+,51+,52+,53+/m0/s1. The highest BCUT2D eigenvalue weighted by Crippen LogP contribution is 2.24. The lowest BCUT2D eigenvalue weighted by Gasteiger charge is -2.42. The van der Waals surface area contributed by atoms with Crippen LogP contribution in [-0.2, 0) is 64.5 Å². The van der Waals surface area contributed by atoms with E-state index in [1.165, 1.54) is 32.1 Å². The maximum atomic E-state index is 14.1. The molecule has 0 spiro atoms. The van der Waals surface area contributed by atoms with Gasteiger partial charge in [0.2, 0.25) is 11.8 Å². The molecule has 5 atom stereocenters. The molecule has 0 aromatic heterocycles. The Balaban J connectivity index is 1.20. The van der Waals surface area contributed by atoms with Crippen LogP contribution in [0.1, 0.15) is 125 Å². The molecular formula is C55H73N3O9. The Morgan fingerprint density at radius 1 is 0.597 bits per heavy atom. The largest absolute Gasteiger partial charge is 0.462 e. The molecule has 12 nitrogen and oxygen atoms in total. The van der Waals surface area contributed by atoms with Gasteiger partial charge in [-0.25, -0.2) is 4.79 Å². The SMILES string of the molecule is CCCCCCCCCCC[C@@H](CC(=O)N[C@H]1C(=O)N[C@H](COCc2ccccc2)[C@@H](OCc2ccccc2)[C@@H]1OCc1ccccc1)OC(=O)CCCCCNC(=O)OCc1ccccc1. The van der Waals surface area contributed by atoms with Crippen LogP contribution >= 0.6 is 0 Å². The summed E-state index contributed by atoms with van der Waals surface area (Å²) in [5.41, 5.74) is 3.76. The lowest BCUT2D eigenvalue weighted by atomic mass is 9.92. The smallest absolute Gasteiger partial charge is 0.407 e. The summed E-state index contributed by atoms with van der Waals surface area (Å²) in [5.74, 6) is -1.21. The summed E-state index contributed by atoms with van der Waals surface area (Å²) in [5, 5.41) is 8.83. The molecule has 5 rings (SSSR count). The van der Waals surface area contributed by atoms with Gasteiger partial charge >= 0.3 is 12.1 Å². The minimum atomic E-state index is -1.10. The van der Waals surface area contributed by atoms with E-state index in [0.29, 0.717) is 38.8 Å². The van der Waals surface area contributed by atoms with Gasteiger partial charge in [0.1, 0.15) is 31.0 Å². The molecule has 0 aliphatic carbocycles. The van der Waals surface area contributed by atoms with E-state index >= 15 is 0 Å². The van der Waals surface area contributed by atoms with E-state index in [1.54, 1.807) is 0 Å². The van der Waals surface area contributed by atoms with Crippen molar-refractivity contribution < 1.29 is 42.9 Å².